The molecule has 19 heavy (non-hydrogen) atoms. The fourth-order valence-corrected chi connectivity index (χ4v) is 1.98. The molecule has 0 spiro atoms. The Kier molecular flexibility index (Phi) is 2.62. The summed E-state index contributed by atoms with van der Waals surface area (Å²) >= 11 is 0. The van der Waals surface area contributed by atoms with Crippen LogP contribution in [0.3, 0.4) is 0 Å². The molecule has 0 unspecified atom stereocenters. The third-order valence-corrected chi connectivity index (χ3v) is 2.85. The molecule has 0 saturated heterocycles. The van der Waals surface area contributed by atoms with Crippen molar-refractivity contribution < 1.29 is 4.42 Å². The molecule has 0 aliphatic rings. The number of pyridine rings is 1. The van der Waals surface area contributed by atoms with Gasteiger partial charge in [-0.05, 0) is 29.8 Å². The van der Waals surface area contributed by atoms with Crippen LogP contribution < -0.4 is 5.76 Å². The lowest BCUT2D eigenvalue weighted by atomic mass is 10.2. The molecule has 0 amide bonds. The normalized spacial score (nSPS) is 10.5. The minimum Gasteiger partial charge on any atom is -0.408 e. The Labute approximate surface area is 108 Å². The molecule has 0 aliphatic carbocycles. The van der Waals surface area contributed by atoms with Gasteiger partial charge in [0.2, 0.25) is 0 Å². The Morgan fingerprint density at radius 1 is 1.32 bits per heavy atom. The van der Waals surface area contributed by atoms with Crippen molar-refractivity contribution in [2.24, 2.45) is 0 Å². The highest BCUT2D eigenvalue weighted by Gasteiger charge is 2.09. The zero-order valence-electron chi connectivity index (χ0n) is 9.91. The second-order valence-electron chi connectivity index (χ2n) is 4.08. The molecule has 3 aromatic rings. The zero-order valence-corrected chi connectivity index (χ0v) is 9.91. The fraction of sp³-hybridized carbons (Fsp3) is 0.0714. The number of nitriles is 1. The van der Waals surface area contributed by atoms with Crippen molar-refractivity contribution in [3.05, 3.63) is 64.4 Å². The molecule has 0 N–H and O–H groups in total. The quantitative estimate of drug-likeness (QED) is 0.697. The van der Waals surface area contributed by atoms with Gasteiger partial charge in [-0.25, -0.2) is 9.78 Å². The molecule has 2 aromatic heterocycles. The van der Waals surface area contributed by atoms with Crippen LogP contribution in [0.4, 0.5) is 0 Å². The van der Waals surface area contributed by atoms with E-state index in [0.717, 1.165) is 11.1 Å². The van der Waals surface area contributed by atoms with Crippen LogP contribution in [0.5, 0.6) is 0 Å². The molecule has 1 aromatic carbocycles. The average molecular weight is 251 g/mol. The van der Waals surface area contributed by atoms with Gasteiger partial charge >= 0.3 is 5.76 Å². The maximum Gasteiger partial charge on any atom is 0.420 e. The average Bonchev–Trinajstić information content (AvgIpc) is 2.76. The molecule has 0 aliphatic heterocycles. The third-order valence-electron chi connectivity index (χ3n) is 2.85. The number of hydrogen-bond acceptors (Lipinski definition) is 4. The van der Waals surface area contributed by atoms with Crippen LogP contribution >= 0.6 is 0 Å². The maximum absolute atomic E-state index is 11.8. The molecule has 0 atom stereocenters. The Bertz CT molecular complexity index is 840. The van der Waals surface area contributed by atoms with E-state index in [1.165, 1.54) is 4.57 Å². The minimum absolute atomic E-state index is 0.332. The van der Waals surface area contributed by atoms with Gasteiger partial charge in [-0.15, -0.1) is 0 Å². The molecule has 3 rings (SSSR count). The Morgan fingerprint density at radius 3 is 3.00 bits per heavy atom. The van der Waals surface area contributed by atoms with E-state index in [-0.39, 0.29) is 0 Å². The smallest absolute Gasteiger partial charge is 0.408 e. The van der Waals surface area contributed by atoms with Crippen molar-refractivity contribution in [1.29, 1.82) is 5.26 Å². The van der Waals surface area contributed by atoms with Gasteiger partial charge in [-0.3, -0.25) is 4.57 Å². The standard InChI is InChI=1S/C14H9N3O2/c15-8-11-7-10(5-6-16-11)9-17-12-3-1-2-4-13(12)19-14(17)18/h1-7H,9H2. The predicted molar refractivity (Wildman–Crippen MR) is 68.5 cm³/mol. The van der Waals surface area contributed by atoms with Crippen LogP contribution in [0, 0.1) is 11.3 Å². The largest absolute Gasteiger partial charge is 0.420 e. The molecule has 2 heterocycles. The summed E-state index contributed by atoms with van der Waals surface area (Å²) < 4.78 is 6.69. The van der Waals surface area contributed by atoms with E-state index in [9.17, 15) is 4.79 Å². The summed E-state index contributed by atoms with van der Waals surface area (Å²) in [4.78, 5) is 15.7. The van der Waals surface area contributed by atoms with Gasteiger partial charge in [0, 0.05) is 6.20 Å². The van der Waals surface area contributed by atoms with Crippen molar-refractivity contribution in [3.8, 4) is 6.07 Å². The molecule has 0 saturated carbocycles. The van der Waals surface area contributed by atoms with E-state index >= 15 is 0 Å². The van der Waals surface area contributed by atoms with E-state index in [2.05, 4.69) is 4.98 Å². The molecule has 92 valence electrons. The predicted octanol–water partition coefficient (Wildman–Crippen LogP) is 1.91. The number of para-hydroxylation sites is 2. The van der Waals surface area contributed by atoms with Crippen LogP contribution in [0.1, 0.15) is 11.3 Å². The van der Waals surface area contributed by atoms with Crippen molar-refractivity contribution in [1.82, 2.24) is 9.55 Å². The van der Waals surface area contributed by atoms with E-state index in [0.29, 0.717) is 17.8 Å². The van der Waals surface area contributed by atoms with E-state index < -0.39 is 5.76 Å². The first-order valence-corrected chi connectivity index (χ1v) is 5.71. The Hall–Kier alpha value is -2.87. The monoisotopic (exact) mass is 251 g/mol. The van der Waals surface area contributed by atoms with Crippen LogP contribution in [0.25, 0.3) is 11.1 Å². The highest BCUT2D eigenvalue weighted by atomic mass is 16.4. The van der Waals surface area contributed by atoms with Gasteiger partial charge in [0.25, 0.3) is 0 Å². The van der Waals surface area contributed by atoms with Gasteiger partial charge in [-0.2, -0.15) is 5.26 Å². The summed E-state index contributed by atoms with van der Waals surface area (Å²) in [7, 11) is 0. The van der Waals surface area contributed by atoms with E-state index in [1.54, 1.807) is 24.4 Å². The first kappa shape index (κ1) is 11.2. The number of hydrogen-bond donors (Lipinski definition) is 0. The molecule has 0 bridgehead atoms. The van der Waals surface area contributed by atoms with Crippen LogP contribution in [-0.4, -0.2) is 9.55 Å². The topological polar surface area (TPSA) is 71.8 Å². The van der Waals surface area contributed by atoms with Crippen LogP contribution in [0.2, 0.25) is 0 Å². The highest BCUT2D eigenvalue weighted by molar-refractivity contribution is 5.72. The highest BCUT2D eigenvalue weighted by Crippen LogP contribution is 2.13. The summed E-state index contributed by atoms with van der Waals surface area (Å²) in [6.07, 6.45) is 1.56. The van der Waals surface area contributed by atoms with E-state index in [4.69, 9.17) is 9.68 Å². The second-order valence-corrected chi connectivity index (χ2v) is 4.08. The zero-order chi connectivity index (χ0) is 13.2. The summed E-state index contributed by atoms with van der Waals surface area (Å²) in [5.41, 5.74) is 2.46. The van der Waals surface area contributed by atoms with Crippen molar-refractivity contribution in [3.63, 3.8) is 0 Å². The molecule has 5 nitrogen and oxygen atoms in total. The lowest BCUT2D eigenvalue weighted by Gasteiger charge is -2.02. The Balaban J connectivity index is 2.08. The molecule has 0 fully saturated rings. The first-order valence-electron chi connectivity index (χ1n) is 5.71. The third kappa shape index (κ3) is 2.00. The Morgan fingerprint density at radius 2 is 2.16 bits per heavy atom. The van der Waals surface area contributed by atoms with Crippen molar-refractivity contribution in [2.45, 2.75) is 6.54 Å². The van der Waals surface area contributed by atoms with Gasteiger partial charge in [-0.1, -0.05) is 12.1 Å². The van der Waals surface area contributed by atoms with Crippen LogP contribution in [0.15, 0.2) is 51.8 Å². The van der Waals surface area contributed by atoms with Gasteiger partial charge in [0.1, 0.15) is 11.8 Å². The van der Waals surface area contributed by atoms with E-state index in [1.807, 2.05) is 24.3 Å². The fourth-order valence-electron chi connectivity index (χ4n) is 1.98. The van der Waals surface area contributed by atoms with Crippen molar-refractivity contribution in [2.75, 3.05) is 0 Å². The number of rotatable bonds is 2. The SMILES string of the molecule is N#Cc1cc(Cn2c(=O)oc3ccccc32)ccn1. The summed E-state index contributed by atoms with van der Waals surface area (Å²) in [6, 6.07) is 12.7. The van der Waals surface area contributed by atoms with Crippen molar-refractivity contribution >= 4 is 11.1 Å². The number of aromatic nitrogens is 2. The number of fused-ring (bicyclic) bond motifs is 1. The lowest BCUT2D eigenvalue weighted by Crippen LogP contribution is -2.14. The first-order chi connectivity index (χ1) is 9.28. The van der Waals surface area contributed by atoms with Gasteiger partial charge in [0.15, 0.2) is 5.58 Å². The lowest BCUT2D eigenvalue weighted by molar-refractivity contribution is 0.517. The number of nitrogens with zero attached hydrogens (tertiary/aromatic N) is 3. The molecular weight excluding hydrogens is 242 g/mol. The summed E-state index contributed by atoms with van der Waals surface area (Å²) in [5.74, 6) is -0.406. The molecular formula is C14H9N3O2. The summed E-state index contributed by atoms with van der Waals surface area (Å²) in [6.45, 7) is 0.354. The molecule has 0 radical (unpaired) electrons. The minimum atomic E-state index is -0.406. The second kappa shape index (κ2) is 4.42. The number of benzene rings is 1. The van der Waals surface area contributed by atoms with Gasteiger partial charge < -0.3 is 4.42 Å². The maximum atomic E-state index is 11.8. The van der Waals surface area contributed by atoms with Crippen LogP contribution in [-0.2, 0) is 6.54 Å². The number of oxazole rings is 1. The van der Waals surface area contributed by atoms with Gasteiger partial charge in [0.05, 0.1) is 12.1 Å². The molecule has 5 heteroatoms. The summed E-state index contributed by atoms with van der Waals surface area (Å²) in [5, 5.41) is 8.81.